The van der Waals surface area contributed by atoms with Gasteiger partial charge in [-0.15, -0.1) is 0 Å². The van der Waals surface area contributed by atoms with Crippen LogP contribution in [0.1, 0.15) is 19.3 Å². The molecule has 0 aliphatic heterocycles. The number of rotatable bonds is 8. The Morgan fingerprint density at radius 3 is 2.62 bits per heavy atom. The predicted octanol–water partition coefficient (Wildman–Crippen LogP) is 1.06. The van der Waals surface area contributed by atoms with Gasteiger partial charge in [-0.25, -0.2) is 0 Å². The van der Waals surface area contributed by atoms with Gasteiger partial charge in [0.2, 0.25) is 11.8 Å². The highest BCUT2D eigenvalue weighted by atomic mass is 16.2. The number of nitrogen functional groups attached to an aromatic ring is 1. The van der Waals surface area contributed by atoms with Gasteiger partial charge in [0.15, 0.2) is 0 Å². The number of amides is 2. The highest BCUT2D eigenvalue weighted by molar-refractivity contribution is 5.91. The molecule has 0 aliphatic rings. The molecule has 0 atom stereocenters. The first-order chi connectivity index (χ1) is 10.0. The summed E-state index contributed by atoms with van der Waals surface area (Å²) >= 11 is 0. The highest BCUT2D eigenvalue weighted by Crippen LogP contribution is 2.12. The van der Waals surface area contributed by atoms with Crippen LogP contribution >= 0.6 is 0 Å². The zero-order valence-electron chi connectivity index (χ0n) is 12.7. The summed E-state index contributed by atoms with van der Waals surface area (Å²) < 4.78 is 0. The highest BCUT2D eigenvalue weighted by Gasteiger charge is 2.06. The SMILES string of the molecule is CNC(=O)CCN(C)CCCC(=O)Nc1cccc(N)c1. The van der Waals surface area contributed by atoms with E-state index in [1.54, 1.807) is 25.2 Å². The monoisotopic (exact) mass is 292 g/mol. The van der Waals surface area contributed by atoms with E-state index in [-0.39, 0.29) is 11.8 Å². The fraction of sp³-hybridized carbons (Fsp3) is 0.467. The lowest BCUT2D eigenvalue weighted by molar-refractivity contribution is -0.121. The predicted molar refractivity (Wildman–Crippen MR) is 84.9 cm³/mol. The molecular weight excluding hydrogens is 268 g/mol. The molecule has 0 spiro atoms. The number of hydrogen-bond acceptors (Lipinski definition) is 4. The van der Waals surface area contributed by atoms with Crippen LogP contribution in [-0.2, 0) is 9.59 Å². The standard InChI is InChI=1S/C15H24N4O2/c1-17-14(20)8-10-19(2)9-4-7-15(21)18-13-6-3-5-12(16)11-13/h3,5-6,11H,4,7-10,16H2,1-2H3,(H,17,20)(H,18,21). The maximum atomic E-state index is 11.8. The van der Waals surface area contributed by atoms with Crippen LogP contribution in [0.5, 0.6) is 0 Å². The Balaban J connectivity index is 2.20. The zero-order valence-corrected chi connectivity index (χ0v) is 12.7. The summed E-state index contributed by atoms with van der Waals surface area (Å²) in [7, 11) is 3.57. The van der Waals surface area contributed by atoms with Crippen molar-refractivity contribution >= 4 is 23.2 Å². The van der Waals surface area contributed by atoms with Crippen molar-refractivity contribution in [3.8, 4) is 0 Å². The first-order valence-corrected chi connectivity index (χ1v) is 7.06. The van der Waals surface area contributed by atoms with E-state index >= 15 is 0 Å². The van der Waals surface area contributed by atoms with Crippen LogP contribution in [0.15, 0.2) is 24.3 Å². The van der Waals surface area contributed by atoms with E-state index in [4.69, 9.17) is 5.73 Å². The molecule has 0 saturated carbocycles. The van der Waals surface area contributed by atoms with Gasteiger partial charge < -0.3 is 21.3 Å². The van der Waals surface area contributed by atoms with Gasteiger partial charge in [0, 0.05) is 37.8 Å². The Labute approximate surface area is 125 Å². The van der Waals surface area contributed by atoms with Gasteiger partial charge in [0.25, 0.3) is 0 Å². The van der Waals surface area contributed by atoms with Gasteiger partial charge in [-0.1, -0.05) is 6.07 Å². The third kappa shape index (κ3) is 7.31. The third-order valence-corrected chi connectivity index (χ3v) is 3.11. The molecule has 0 radical (unpaired) electrons. The summed E-state index contributed by atoms with van der Waals surface area (Å²) in [5.74, 6) is 0.00145. The van der Waals surface area contributed by atoms with Gasteiger partial charge >= 0.3 is 0 Å². The number of nitrogens with zero attached hydrogens (tertiary/aromatic N) is 1. The number of nitrogens with one attached hydrogen (secondary N) is 2. The summed E-state index contributed by atoms with van der Waals surface area (Å²) in [6.07, 6.45) is 1.67. The summed E-state index contributed by atoms with van der Waals surface area (Å²) in [5, 5.41) is 5.40. The van der Waals surface area contributed by atoms with Gasteiger partial charge in [-0.05, 0) is 38.2 Å². The Bertz CT molecular complexity index is 476. The molecule has 1 aromatic rings. The Kier molecular flexibility index (Phi) is 7.25. The molecule has 4 N–H and O–H groups in total. The minimum atomic E-state index is -0.0275. The second-order valence-electron chi connectivity index (χ2n) is 5.00. The number of anilines is 2. The van der Waals surface area contributed by atoms with Gasteiger partial charge in [-0.2, -0.15) is 0 Å². The summed E-state index contributed by atoms with van der Waals surface area (Å²) in [6, 6.07) is 7.12. The lowest BCUT2D eigenvalue weighted by Crippen LogP contribution is -2.27. The lowest BCUT2D eigenvalue weighted by atomic mass is 10.2. The average Bonchev–Trinajstić information content (AvgIpc) is 2.44. The van der Waals surface area contributed by atoms with E-state index in [0.29, 0.717) is 30.8 Å². The van der Waals surface area contributed by atoms with Gasteiger partial charge in [0.05, 0.1) is 0 Å². The molecule has 2 amide bonds. The van der Waals surface area contributed by atoms with Crippen molar-refractivity contribution < 1.29 is 9.59 Å². The first kappa shape index (κ1) is 17.0. The Morgan fingerprint density at radius 2 is 1.95 bits per heavy atom. The number of carbonyl (C=O) groups is 2. The number of hydrogen-bond donors (Lipinski definition) is 3. The van der Waals surface area contributed by atoms with Crippen LogP contribution in [0.25, 0.3) is 0 Å². The zero-order chi connectivity index (χ0) is 15.7. The molecule has 0 unspecified atom stereocenters. The van der Waals surface area contributed by atoms with Crippen LogP contribution in [0.2, 0.25) is 0 Å². The van der Waals surface area contributed by atoms with E-state index < -0.39 is 0 Å². The Hall–Kier alpha value is -2.08. The first-order valence-electron chi connectivity index (χ1n) is 7.06. The summed E-state index contributed by atoms with van der Waals surface area (Å²) in [4.78, 5) is 24.9. The normalized spacial score (nSPS) is 10.4. The summed E-state index contributed by atoms with van der Waals surface area (Å²) in [6.45, 7) is 1.47. The van der Waals surface area contributed by atoms with Crippen molar-refractivity contribution in [1.82, 2.24) is 10.2 Å². The molecule has 0 heterocycles. The van der Waals surface area contributed by atoms with Gasteiger partial charge in [-0.3, -0.25) is 9.59 Å². The van der Waals surface area contributed by atoms with Crippen LogP contribution in [0.3, 0.4) is 0 Å². The summed E-state index contributed by atoms with van der Waals surface area (Å²) in [5.41, 5.74) is 7.00. The lowest BCUT2D eigenvalue weighted by Gasteiger charge is -2.15. The smallest absolute Gasteiger partial charge is 0.224 e. The van der Waals surface area contributed by atoms with Crippen LogP contribution in [-0.4, -0.2) is 43.9 Å². The van der Waals surface area contributed by atoms with E-state index in [1.165, 1.54) is 0 Å². The molecule has 6 heteroatoms. The fourth-order valence-corrected chi connectivity index (χ4v) is 1.88. The van der Waals surface area contributed by atoms with Crippen molar-refractivity contribution in [2.24, 2.45) is 0 Å². The molecule has 0 aromatic heterocycles. The quantitative estimate of drug-likeness (QED) is 0.625. The molecule has 0 bridgehead atoms. The number of nitrogens with two attached hydrogens (primary N) is 1. The number of carbonyl (C=O) groups excluding carboxylic acids is 2. The van der Waals surface area contributed by atoms with E-state index in [0.717, 1.165) is 13.0 Å². The minimum Gasteiger partial charge on any atom is -0.399 e. The molecular formula is C15H24N4O2. The molecule has 0 aliphatic carbocycles. The van der Waals surface area contributed by atoms with Crippen molar-refractivity contribution in [1.29, 1.82) is 0 Å². The number of benzene rings is 1. The van der Waals surface area contributed by atoms with Crippen molar-refractivity contribution in [3.05, 3.63) is 24.3 Å². The molecule has 1 aromatic carbocycles. The van der Waals surface area contributed by atoms with Crippen molar-refractivity contribution in [2.45, 2.75) is 19.3 Å². The third-order valence-electron chi connectivity index (χ3n) is 3.11. The van der Waals surface area contributed by atoms with Crippen molar-refractivity contribution in [3.63, 3.8) is 0 Å². The molecule has 116 valence electrons. The van der Waals surface area contributed by atoms with E-state index in [9.17, 15) is 9.59 Å². The molecule has 0 fully saturated rings. The fourth-order valence-electron chi connectivity index (χ4n) is 1.88. The topological polar surface area (TPSA) is 87.5 Å². The largest absolute Gasteiger partial charge is 0.399 e. The van der Waals surface area contributed by atoms with Crippen molar-refractivity contribution in [2.75, 3.05) is 38.2 Å². The second kappa shape index (κ2) is 8.97. The molecule has 6 nitrogen and oxygen atoms in total. The maximum absolute atomic E-state index is 11.8. The van der Waals surface area contributed by atoms with E-state index in [1.807, 2.05) is 18.0 Å². The molecule has 0 saturated heterocycles. The maximum Gasteiger partial charge on any atom is 0.224 e. The minimum absolute atomic E-state index is 0.0275. The van der Waals surface area contributed by atoms with Gasteiger partial charge in [0.1, 0.15) is 0 Å². The van der Waals surface area contributed by atoms with Crippen LogP contribution in [0.4, 0.5) is 11.4 Å². The Morgan fingerprint density at radius 1 is 1.19 bits per heavy atom. The second-order valence-corrected chi connectivity index (χ2v) is 5.00. The van der Waals surface area contributed by atoms with Crippen LogP contribution in [0, 0.1) is 0 Å². The van der Waals surface area contributed by atoms with E-state index in [2.05, 4.69) is 10.6 Å². The average molecular weight is 292 g/mol. The molecule has 1 rings (SSSR count). The van der Waals surface area contributed by atoms with Crippen LogP contribution < -0.4 is 16.4 Å². The molecule has 21 heavy (non-hydrogen) atoms.